The molecule has 0 aromatic rings. The fourth-order valence-corrected chi connectivity index (χ4v) is 4.31. The van der Waals surface area contributed by atoms with Gasteiger partial charge in [0.15, 0.2) is 0 Å². The molecule has 0 radical (unpaired) electrons. The quantitative estimate of drug-likeness (QED) is 0.550. The summed E-state index contributed by atoms with van der Waals surface area (Å²) < 4.78 is 0. The van der Waals surface area contributed by atoms with Crippen molar-refractivity contribution in [3.8, 4) is 0 Å². The fourth-order valence-electron chi connectivity index (χ4n) is 4.31. The standard InChI is InChI=1S/C18H36/c1-8-14(2)15-9-11-16(12-10-15)18(6,7)13-17(3,4)5/h14-16H,8-13H2,1-7H3. The lowest BCUT2D eigenvalue weighted by atomic mass is 9.62. The highest BCUT2D eigenvalue weighted by Crippen LogP contribution is 2.47. The van der Waals surface area contributed by atoms with Crippen LogP contribution in [0.3, 0.4) is 0 Å². The molecule has 0 aromatic heterocycles. The first kappa shape index (κ1) is 16.1. The van der Waals surface area contributed by atoms with Crippen molar-refractivity contribution in [2.45, 2.75) is 87.0 Å². The Morgan fingerprint density at radius 1 is 0.944 bits per heavy atom. The summed E-state index contributed by atoms with van der Waals surface area (Å²) in [6.07, 6.45) is 8.62. The maximum atomic E-state index is 2.51. The summed E-state index contributed by atoms with van der Waals surface area (Å²) in [6.45, 7) is 17.0. The van der Waals surface area contributed by atoms with Gasteiger partial charge < -0.3 is 0 Å². The third-order valence-corrected chi connectivity index (χ3v) is 5.31. The predicted octanol–water partition coefficient (Wildman–Crippen LogP) is 6.30. The first-order valence-electron chi connectivity index (χ1n) is 8.15. The number of rotatable bonds is 4. The molecular formula is C18H36. The second-order valence-electron chi connectivity index (χ2n) is 8.72. The molecule has 0 heterocycles. The third kappa shape index (κ3) is 4.59. The van der Waals surface area contributed by atoms with Crippen molar-refractivity contribution in [2.24, 2.45) is 28.6 Å². The Kier molecular flexibility index (Phi) is 5.32. The Morgan fingerprint density at radius 2 is 1.44 bits per heavy atom. The van der Waals surface area contributed by atoms with E-state index in [1.165, 1.54) is 38.5 Å². The summed E-state index contributed by atoms with van der Waals surface area (Å²) in [5.74, 6) is 2.91. The number of hydrogen-bond donors (Lipinski definition) is 0. The van der Waals surface area contributed by atoms with Crippen LogP contribution in [0.2, 0.25) is 0 Å². The van der Waals surface area contributed by atoms with Gasteiger partial charge in [0, 0.05) is 0 Å². The average molecular weight is 252 g/mol. The van der Waals surface area contributed by atoms with Gasteiger partial charge in [-0.25, -0.2) is 0 Å². The summed E-state index contributed by atoms with van der Waals surface area (Å²) in [5, 5.41) is 0. The summed E-state index contributed by atoms with van der Waals surface area (Å²) in [4.78, 5) is 0. The Labute approximate surface area is 116 Å². The SMILES string of the molecule is CCC(C)C1CCC(C(C)(C)CC(C)(C)C)CC1. The zero-order valence-corrected chi connectivity index (χ0v) is 14.0. The molecule has 1 unspecified atom stereocenters. The van der Waals surface area contributed by atoms with Gasteiger partial charge in [-0.2, -0.15) is 0 Å². The van der Waals surface area contributed by atoms with E-state index in [0.29, 0.717) is 10.8 Å². The molecule has 0 heteroatoms. The van der Waals surface area contributed by atoms with Gasteiger partial charge in [-0.05, 0) is 60.7 Å². The van der Waals surface area contributed by atoms with Crippen LogP contribution in [0.4, 0.5) is 0 Å². The molecule has 0 spiro atoms. The molecule has 1 fully saturated rings. The van der Waals surface area contributed by atoms with Gasteiger partial charge in [0.05, 0.1) is 0 Å². The highest BCUT2D eigenvalue weighted by atomic mass is 14.4. The van der Waals surface area contributed by atoms with E-state index in [9.17, 15) is 0 Å². The number of hydrogen-bond acceptors (Lipinski definition) is 0. The van der Waals surface area contributed by atoms with Crippen LogP contribution >= 0.6 is 0 Å². The summed E-state index contributed by atoms with van der Waals surface area (Å²) >= 11 is 0. The maximum Gasteiger partial charge on any atom is -0.0321 e. The zero-order valence-electron chi connectivity index (χ0n) is 14.0. The Morgan fingerprint density at radius 3 is 1.83 bits per heavy atom. The lowest BCUT2D eigenvalue weighted by Gasteiger charge is -2.43. The van der Waals surface area contributed by atoms with E-state index in [0.717, 1.165) is 17.8 Å². The molecule has 1 aliphatic rings. The van der Waals surface area contributed by atoms with E-state index in [2.05, 4.69) is 48.5 Å². The van der Waals surface area contributed by atoms with Gasteiger partial charge in [-0.1, -0.05) is 54.9 Å². The lowest BCUT2D eigenvalue weighted by Crippen LogP contribution is -2.33. The van der Waals surface area contributed by atoms with E-state index < -0.39 is 0 Å². The Bertz CT molecular complexity index is 235. The maximum absolute atomic E-state index is 2.51. The van der Waals surface area contributed by atoms with Crippen LogP contribution in [0.5, 0.6) is 0 Å². The molecular weight excluding hydrogens is 216 g/mol. The van der Waals surface area contributed by atoms with Crippen molar-refractivity contribution >= 4 is 0 Å². The molecule has 108 valence electrons. The van der Waals surface area contributed by atoms with Crippen LogP contribution in [-0.2, 0) is 0 Å². The molecule has 0 N–H and O–H groups in total. The molecule has 0 saturated heterocycles. The molecule has 0 bridgehead atoms. The molecule has 1 aliphatic carbocycles. The van der Waals surface area contributed by atoms with Gasteiger partial charge in [0.2, 0.25) is 0 Å². The van der Waals surface area contributed by atoms with Crippen LogP contribution in [-0.4, -0.2) is 0 Å². The molecule has 0 aromatic carbocycles. The summed E-state index contributed by atoms with van der Waals surface area (Å²) in [5.41, 5.74) is 0.996. The zero-order chi connectivity index (χ0) is 14.0. The van der Waals surface area contributed by atoms with Crippen LogP contribution in [0.15, 0.2) is 0 Å². The molecule has 1 saturated carbocycles. The van der Waals surface area contributed by atoms with Crippen LogP contribution in [0, 0.1) is 28.6 Å². The minimum absolute atomic E-state index is 0.469. The highest BCUT2D eigenvalue weighted by molar-refractivity contribution is 4.87. The predicted molar refractivity (Wildman–Crippen MR) is 82.8 cm³/mol. The summed E-state index contributed by atoms with van der Waals surface area (Å²) in [6, 6.07) is 0. The molecule has 1 atom stereocenters. The lowest BCUT2D eigenvalue weighted by molar-refractivity contribution is 0.0744. The largest absolute Gasteiger partial charge is 0.0651 e. The van der Waals surface area contributed by atoms with Gasteiger partial charge in [0.1, 0.15) is 0 Å². The smallest absolute Gasteiger partial charge is 0.0321 e. The second kappa shape index (κ2) is 5.97. The van der Waals surface area contributed by atoms with Crippen LogP contribution in [0.25, 0.3) is 0 Å². The van der Waals surface area contributed by atoms with Crippen molar-refractivity contribution in [3.05, 3.63) is 0 Å². The van der Waals surface area contributed by atoms with Crippen molar-refractivity contribution < 1.29 is 0 Å². The molecule has 0 amide bonds. The first-order chi connectivity index (χ1) is 8.15. The minimum atomic E-state index is 0.469. The van der Waals surface area contributed by atoms with Crippen LogP contribution in [0.1, 0.15) is 87.0 Å². The van der Waals surface area contributed by atoms with Crippen molar-refractivity contribution in [3.63, 3.8) is 0 Å². The van der Waals surface area contributed by atoms with E-state index in [4.69, 9.17) is 0 Å². The van der Waals surface area contributed by atoms with Crippen molar-refractivity contribution in [1.29, 1.82) is 0 Å². The Balaban J connectivity index is 2.51. The van der Waals surface area contributed by atoms with Gasteiger partial charge in [-0.3, -0.25) is 0 Å². The first-order valence-corrected chi connectivity index (χ1v) is 8.15. The van der Waals surface area contributed by atoms with E-state index in [1.807, 2.05) is 0 Å². The van der Waals surface area contributed by atoms with Gasteiger partial charge in [-0.15, -0.1) is 0 Å². The second-order valence-corrected chi connectivity index (χ2v) is 8.72. The molecule has 0 nitrogen and oxygen atoms in total. The molecule has 1 rings (SSSR count). The fraction of sp³-hybridized carbons (Fsp3) is 1.00. The van der Waals surface area contributed by atoms with Gasteiger partial charge >= 0.3 is 0 Å². The van der Waals surface area contributed by atoms with E-state index >= 15 is 0 Å². The van der Waals surface area contributed by atoms with Crippen LogP contribution < -0.4 is 0 Å². The van der Waals surface area contributed by atoms with E-state index in [-0.39, 0.29) is 0 Å². The summed E-state index contributed by atoms with van der Waals surface area (Å²) in [7, 11) is 0. The normalized spacial score (nSPS) is 28.2. The van der Waals surface area contributed by atoms with Gasteiger partial charge in [0.25, 0.3) is 0 Å². The van der Waals surface area contributed by atoms with Crippen molar-refractivity contribution in [2.75, 3.05) is 0 Å². The minimum Gasteiger partial charge on any atom is -0.0651 e. The van der Waals surface area contributed by atoms with Crippen molar-refractivity contribution in [1.82, 2.24) is 0 Å². The topological polar surface area (TPSA) is 0 Å². The highest BCUT2D eigenvalue weighted by Gasteiger charge is 2.36. The molecule has 18 heavy (non-hydrogen) atoms. The Hall–Kier alpha value is 0. The average Bonchev–Trinajstić information content (AvgIpc) is 2.25. The monoisotopic (exact) mass is 252 g/mol. The molecule has 0 aliphatic heterocycles. The van der Waals surface area contributed by atoms with E-state index in [1.54, 1.807) is 0 Å². The third-order valence-electron chi connectivity index (χ3n) is 5.31.